The minimum Gasteiger partial charge on any atom is -0.387 e. The molecule has 0 fully saturated rings. The Bertz CT molecular complexity index is 1110. The van der Waals surface area contributed by atoms with Crippen LogP contribution in [0.4, 0.5) is 10.1 Å². The number of carbonyl (C=O) groups is 1. The molecule has 1 unspecified atom stereocenters. The Kier molecular flexibility index (Phi) is 5.94. The maximum Gasteiger partial charge on any atom is 0.255 e. The standard InChI is InChI=1S/C20H22FN7O2/c1-4-23-14-6-17(28-11-27-15-5-12(7-22)8-25-18(15)28)24-9-13(14)19(29)26-10-16(21)20(2,3)30/h5-6,8-9,11,16,30H,4,10H2,1-3H3,(H,23,24)(H,26,29). The van der Waals surface area contributed by atoms with Gasteiger partial charge in [0.25, 0.3) is 5.91 Å². The molecule has 3 rings (SSSR count). The molecule has 0 aromatic carbocycles. The van der Waals surface area contributed by atoms with E-state index in [1.165, 1.54) is 32.6 Å². The topological polar surface area (TPSA) is 129 Å². The highest BCUT2D eigenvalue weighted by molar-refractivity contribution is 5.99. The van der Waals surface area contributed by atoms with Crippen molar-refractivity contribution >= 4 is 22.8 Å². The lowest BCUT2D eigenvalue weighted by Gasteiger charge is -2.22. The number of alkyl halides is 1. The van der Waals surface area contributed by atoms with Crippen molar-refractivity contribution in [1.82, 2.24) is 24.8 Å². The van der Waals surface area contributed by atoms with E-state index in [1.807, 2.05) is 13.0 Å². The number of carbonyl (C=O) groups excluding carboxylic acids is 1. The fourth-order valence-corrected chi connectivity index (χ4v) is 2.75. The summed E-state index contributed by atoms with van der Waals surface area (Å²) >= 11 is 0. The van der Waals surface area contributed by atoms with E-state index in [1.54, 1.807) is 16.7 Å². The molecule has 0 radical (unpaired) electrons. The Hall–Kier alpha value is -3.58. The van der Waals surface area contributed by atoms with Gasteiger partial charge in [0.15, 0.2) is 5.65 Å². The van der Waals surface area contributed by atoms with Gasteiger partial charge >= 0.3 is 0 Å². The van der Waals surface area contributed by atoms with Gasteiger partial charge in [0, 0.05) is 25.0 Å². The number of hydrogen-bond donors (Lipinski definition) is 3. The molecule has 3 heterocycles. The molecule has 9 nitrogen and oxygen atoms in total. The van der Waals surface area contributed by atoms with Crippen molar-refractivity contribution in [3.8, 4) is 11.9 Å². The Morgan fingerprint density at radius 2 is 2.10 bits per heavy atom. The number of hydrogen-bond acceptors (Lipinski definition) is 7. The van der Waals surface area contributed by atoms with Crippen molar-refractivity contribution in [3.05, 3.63) is 42.0 Å². The molecule has 156 valence electrons. The maximum atomic E-state index is 14.0. The predicted octanol–water partition coefficient (Wildman–Crippen LogP) is 1.96. The summed E-state index contributed by atoms with van der Waals surface area (Å²) < 4.78 is 15.6. The molecule has 1 amide bonds. The van der Waals surface area contributed by atoms with Gasteiger partial charge in [-0.2, -0.15) is 5.26 Å². The van der Waals surface area contributed by atoms with Crippen LogP contribution in [0.25, 0.3) is 17.0 Å². The van der Waals surface area contributed by atoms with Gasteiger partial charge in [-0.05, 0) is 26.8 Å². The van der Waals surface area contributed by atoms with Gasteiger partial charge in [0.1, 0.15) is 29.9 Å². The number of halogens is 1. The Morgan fingerprint density at radius 3 is 2.77 bits per heavy atom. The quantitative estimate of drug-likeness (QED) is 0.542. The summed E-state index contributed by atoms with van der Waals surface area (Å²) in [4.78, 5) is 25.4. The first-order chi connectivity index (χ1) is 14.2. The molecule has 10 heteroatoms. The van der Waals surface area contributed by atoms with Crippen LogP contribution >= 0.6 is 0 Å². The van der Waals surface area contributed by atoms with Crippen LogP contribution in [0.5, 0.6) is 0 Å². The number of pyridine rings is 2. The first-order valence-electron chi connectivity index (χ1n) is 9.36. The molecule has 3 aromatic rings. The SMILES string of the molecule is CCNc1cc(-n2cnc3cc(C#N)cnc32)ncc1C(=O)NCC(F)C(C)(C)O. The number of fused-ring (bicyclic) bond motifs is 1. The van der Waals surface area contributed by atoms with Gasteiger partial charge in [0.05, 0.1) is 29.0 Å². The number of nitriles is 1. The molecule has 0 saturated carbocycles. The highest BCUT2D eigenvalue weighted by Crippen LogP contribution is 2.22. The van der Waals surface area contributed by atoms with E-state index in [9.17, 15) is 14.3 Å². The molecular formula is C20H22FN7O2. The Morgan fingerprint density at radius 1 is 1.33 bits per heavy atom. The number of nitrogens with one attached hydrogen (secondary N) is 2. The number of rotatable bonds is 7. The summed E-state index contributed by atoms with van der Waals surface area (Å²) in [6.07, 6.45) is 2.75. The number of anilines is 1. The monoisotopic (exact) mass is 411 g/mol. The fourth-order valence-electron chi connectivity index (χ4n) is 2.75. The second kappa shape index (κ2) is 8.42. The van der Waals surface area contributed by atoms with E-state index < -0.39 is 17.7 Å². The van der Waals surface area contributed by atoms with Crippen molar-refractivity contribution in [3.63, 3.8) is 0 Å². The number of aliphatic hydroxyl groups is 1. The summed E-state index contributed by atoms with van der Waals surface area (Å²) in [5.41, 5.74) is 0.663. The molecule has 3 aromatic heterocycles. The molecule has 0 aliphatic rings. The van der Waals surface area contributed by atoms with Crippen LogP contribution in [0.1, 0.15) is 36.7 Å². The number of aromatic nitrogens is 4. The lowest BCUT2D eigenvalue weighted by Crippen LogP contribution is -2.42. The van der Waals surface area contributed by atoms with E-state index in [2.05, 4.69) is 25.6 Å². The normalized spacial score (nSPS) is 12.4. The van der Waals surface area contributed by atoms with Crippen molar-refractivity contribution in [2.45, 2.75) is 32.5 Å². The summed E-state index contributed by atoms with van der Waals surface area (Å²) in [5, 5.41) is 24.3. The molecule has 0 aliphatic carbocycles. The third-order valence-corrected chi connectivity index (χ3v) is 4.47. The first kappa shape index (κ1) is 21.1. The van der Waals surface area contributed by atoms with Gasteiger partial charge in [0.2, 0.25) is 0 Å². The van der Waals surface area contributed by atoms with Crippen LogP contribution in [-0.4, -0.2) is 55.4 Å². The van der Waals surface area contributed by atoms with Gasteiger partial charge in [-0.1, -0.05) is 0 Å². The van der Waals surface area contributed by atoms with Gasteiger partial charge < -0.3 is 15.7 Å². The van der Waals surface area contributed by atoms with Crippen molar-refractivity contribution in [2.24, 2.45) is 0 Å². The lowest BCUT2D eigenvalue weighted by atomic mass is 10.0. The maximum absolute atomic E-state index is 14.0. The molecule has 0 bridgehead atoms. The van der Waals surface area contributed by atoms with Gasteiger partial charge in [-0.15, -0.1) is 0 Å². The Labute approximate surface area is 172 Å². The largest absolute Gasteiger partial charge is 0.387 e. The van der Waals surface area contributed by atoms with Crippen LogP contribution in [0.2, 0.25) is 0 Å². The van der Waals surface area contributed by atoms with E-state index in [0.717, 1.165) is 0 Å². The minimum absolute atomic E-state index is 0.243. The first-order valence-corrected chi connectivity index (χ1v) is 9.36. The van der Waals surface area contributed by atoms with E-state index in [4.69, 9.17) is 5.26 Å². The van der Waals surface area contributed by atoms with Crippen LogP contribution in [0.15, 0.2) is 30.9 Å². The zero-order valence-electron chi connectivity index (χ0n) is 16.8. The summed E-state index contributed by atoms with van der Waals surface area (Å²) in [6, 6.07) is 5.31. The third kappa shape index (κ3) is 4.36. The molecule has 3 N–H and O–H groups in total. The lowest BCUT2D eigenvalue weighted by molar-refractivity contribution is -0.00177. The Balaban J connectivity index is 1.90. The fraction of sp³-hybridized carbons (Fsp3) is 0.350. The second-order valence-electron chi connectivity index (χ2n) is 7.24. The van der Waals surface area contributed by atoms with E-state index in [0.29, 0.717) is 34.8 Å². The van der Waals surface area contributed by atoms with Crippen LogP contribution in [-0.2, 0) is 0 Å². The smallest absolute Gasteiger partial charge is 0.255 e. The highest BCUT2D eigenvalue weighted by atomic mass is 19.1. The zero-order chi connectivity index (χ0) is 21.9. The predicted molar refractivity (Wildman–Crippen MR) is 109 cm³/mol. The second-order valence-corrected chi connectivity index (χ2v) is 7.24. The summed E-state index contributed by atoms with van der Waals surface area (Å²) in [6.45, 7) is 4.78. The van der Waals surface area contributed by atoms with Crippen LogP contribution in [0.3, 0.4) is 0 Å². The minimum atomic E-state index is -1.61. The molecule has 0 spiro atoms. The number of nitrogens with zero attached hydrogens (tertiary/aromatic N) is 5. The molecule has 0 saturated heterocycles. The third-order valence-electron chi connectivity index (χ3n) is 4.47. The summed E-state index contributed by atoms with van der Waals surface area (Å²) in [7, 11) is 0. The average molecular weight is 411 g/mol. The van der Waals surface area contributed by atoms with E-state index in [-0.39, 0.29) is 12.1 Å². The van der Waals surface area contributed by atoms with Crippen LogP contribution in [0, 0.1) is 11.3 Å². The number of imidazole rings is 1. The van der Waals surface area contributed by atoms with Crippen molar-refractivity contribution in [2.75, 3.05) is 18.4 Å². The van der Waals surface area contributed by atoms with E-state index >= 15 is 0 Å². The molecule has 30 heavy (non-hydrogen) atoms. The molecular weight excluding hydrogens is 389 g/mol. The number of amides is 1. The highest BCUT2D eigenvalue weighted by Gasteiger charge is 2.27. The molecule has 0 aliphatic heterocycles. The van der Waals surface area contributed by atoms with Crippen LogP contribution < -0.4 is 10.6 Å². The van der Waals surface area contributed by atoms with Gasteiger partial charge in [-0.3, -0.25) is 9.36 Å². The zero-order valence-corrected chi connectivity index (χ0v) is 16.8. The summed E-state index contributed by atoms with van der Waals surface area (Å²) in [5.74, 6) is -0.0359. The van der Waals surface area contributed by atoms with Crippen molar-refractivity contribution < 1.29 is 14.3 Å². The average Bonchev–Trinajstić information content (AvgIpc) is 3.14. The molecule has 1 atom stereocenters. The van der Waals surface area contributed by atoms with Crippen molar-refractivity contribution in [1.29, 1.82) is 5.26 Å². The van der Waals surface area contributed by atoms with Gasteiger partial charge in [-0.25, -0.2) is 19.3 Å².